The fourth-order valence-electron chi connectivity index (χ4n) is 1.56. The summed E-state index contributed by atoms with van der Waals surface area (Å²) in [6.45, 7) is 8.46. The van der Waals surface area contributed by atoms with Crippen molar-refractivity contribution in [2.45, 2.75) is 52.6 Å². The van der Waals surface area contributed by atoms with E-state index in [0.717, 1.165) is 12.3 Å². The second-order valence-electron chi connectivity index (χ2n) is 4.15. The summed E-state index contributed by atoms with van der Waals surface area (Å²) in [6, 6.07) is 0.302. The van der Waals surface area contributed by atoms with Crippen LogP contribution in [0.1, 0.15) is 40.5 Å². The Morgan fingerprint density at radius 2 is 1.86 bits per heavy atom. The van der Waals surface area contributed by atoms with Gasteiger partial charge in [-0.15, -0.1) is 0 Å². The van der Waals surface area contributed by atoms with Gasteiger partial charge in [-0.05, 0) is 26.2 Å². The highest BCUT2D eigenvalue weighted by atomic mass is 16.2. The van der Waals surface area contributed by atoms with Crippen molar-refractivity contribution in [2.75, 3.05) is 7.05 Å². The Kier molecular flexibility index (Phi) is 6.54. The van der Waals surface area contributed by atoms with Crippen LogP contribution in [0.15, 0.2) is 0 Å². The average Bonchev–Trinajstić information content (AvgIpc) is 2.15. The molecule has 0 spiro atoms. The summed E-state index contributed by atoms with van der Waals surface area (Å²) in [5.74, 6) is 0.774. The van der Waals surface area contributed by atoms with Crippen molar-refractivity contribution in [3.63, 3.8) is 0 Å². The van der Waals surface area contributed by atoms with E-state index >= 15 is 0 Å². The van der Waals surface area contributed by atoms with E-state index in [1.807, 2.05) is 6.92 Å². The van der Waals surface area contributed by atoms with Crippen molar-refractivity contribution in [2.24, 2.45) is 5.92 Å². The summed E-state index contributed by atoms with van der Waals surface area (Å²) in [5, 5.41) is 5.92. The zero-order valence-corrected chi connectivity index (χ0v) is 10.1. The highest BCUT2D eigenvalue weighted by Crippen LogP contribution is 2.09. The van der Waals surface area contributed by atoms with E-state index < -0.39 is 0 Å². The molecule has 0 rings (SSSR count). The van der Waals surface area contributed by atoms with Gasteiger partial charge in [0.25, 0.3) is 0 Å². The molecule has 3 nitrogen and oxygen atoms in total. The lowest BCUT2D eigenvalue weighted by atomic mass is 10.00. The predicted molar refractivity (Wildman–Crippen MR) is 60.2 cm³/mol. The van der Waals surface area contributed by atoms with Gasteiger partial charge >= 0.3 is 0 Å². The maximum atomic E-state index is 11.2. The Hall–Kier alpha value is -0.570. The lowest BCUT2D eigenvalue weighted by Gasteiger charge is -2.21. The number of rotatable bonds is 6. The maximum absolute atomic E-state index is 11.2. The molecular weight excluding hydrogens is 176 g/mol. The first kappa shape index (κ1) is 13.4. The van der Waals surface area contributed by atoms with Gasteiger partial charge in [0.05, 0.1) is 6.04 Å². The summed E-state index contributed by atoms with van der Waals surface area (Å²) in [5.41, 5.74) is 0. The molecule has 3 unspecified atom stereocenters. The van der Waals surface area contributed by atoms with Gasteiger partial charge < -0.3 is 10.6 Å². The second kappa shape index (κ2) is 6.82. The highest BCUT2D eigenvalue weighted by molar-refractivity contribution is 5.80. The third-order valence-corrected chi connectivity index (χ3v) is 2.63. The minimum absolute atomic E-state index is 0.0565. The van der Waals surface area contributed by atoms with E-state index in [0.29, 0.717) is 6.04 Å². The van der Waals surface area contributed by atoms with E-state index in [9.17, 15) is 4.79 Å². The summed E-state index contributed by atoms with van der Waals surface area (Å²) >= 11 is 0. The van der Waals surface area contributed by atoms with Crippen LogP contribution in [-0.4, -0.2) is 25.0 Å². The van der Waals surface area contributed by atoms with Gasteiger partial charge in [0.1, 0.15) is 0 Å². The van der Waals surface area contributed by atoms with Crippen LogP contribution in [0.3, 0.4) is 0 Å². The summed E-state index contributed by atoms with van der Waals surface area (Å²) in [4.78, 5) is 11.2. The molecule has 0 fully saturated rings. The number of carbonyl (C=O) groups excluding carboxylic acids is 1. The van der Waals surface area contributed by atoms with E-state index in [1.54, 1.807) is 7.05 Å². The molecule has 2 N–H and O–H groups in total. The van der Waals surface area contributed by atoms with Gasteiger partial charge in [-0.25, -0.2) is 0 Å². The van der Waals surface area contributed by atoms with Crippen molar-refractivity contribution in [1.82, 2.24) is 10.6 Å². The van der Waals surface area contributed by atoms with Gasteiger partial charge in [0, 0.05) is 13.1 Å². The summed E-state index contributed by atoms with van der Waals surface area (Å²) in [7, 11) is 1.67. The lowest BCUT2D eigenvalue weighted by Crippen LogP contribution is -2.45. The summed E-state index contributed by atoms with van der Waals surface area (Å²) < 4.78 is 0. The smallest absolute Gasteiger partial charge is 0.236 e. The molecule has 84 valence electrons. The molecule has 0 bridgehead atoms. The fourth-order valence-corrected chi connectivity index (χ4v) is 1.56. The molecule has 0 aromatic rings. The molecule has 0 saturated carbocycles. The number of amides is 1. The van der Waals surface area contributed by atoms with Gasteiger partial charge in [-0.1, -0.05) is 20.3 Å². The van der Waals surface area contributed by atoms with E-state index in [-0.39, 0.29) is 11.9 Å². The molecular formula is C11H24N2O. The monoisotopic (exact) mass is 200 g/mol. The quantitative estimate of drug-likeness (QED) is 0.683. The van der Waals surface area contributed by atoms with Gasteiger partial charge in [0.15, 0.2) is 0 Å². The first-order valence-corrected chi connectivity index (χ1v) is 5.48. The molecule has 0 heterocycles. The first-order chi connectivity index (χ1) is 6.51. The Balaban J connectivity index is 3.81. The first-order valence-electron chi connectivity index (χ1n) is 5.48. The Morgan fingerprint density at radius 3 is 2.29 bits per heavy atom. The Labute approximate surface area is 87.6 Å². The molecule has 1 amide bonds. The van der Waals surface area contributed by atoms with Crippen molar-refractivity contribution < 1.29 is 4.79 Å². The van der Waals surface area contributed by atoms with Crippen LogP contribution in [0.5, 0.6) is 0 Å². The maximum Gasteiger partial charge on any atom is 0.236 e. The van der Waals surface area contributed by atoms with Crippen molar-refractivity contribution in [1.29, 1.82) is 0 Å². The standard InChI is InChI=1S/C11H24N2O/c1-6-8(2)7-9(3)13-10(4)11(14)12-5/h8-10,13H,6-7H2,1-5H3,(H,12,14). The number of hydrogen-bond donors (Lipinski definition) is 2. The molecule has 0 aromatic carbocycles. The normalized spacial score (nSPS) is 17.2. The van der Waals surface area contributed by atoms with Crippen molar-refractivity contribution in [3.8, 4) is 0 Å². The number of likely N-dealkylation sites (N-methyl/N-ethyl adjacent to an activating group) is 1. The van der Waals surface area contributed by atoms with Crippen LogP contribution in [0.25, 0.3) is 0 Å². The molecule has 0 aliphatic rings. The van der Waals surface area contributed by atoms with E-state index in [2.05, 4.69) is 31.4 Å². The van der Waals surface area contributed by atoms with Crippen LogP contribution >= 0.6 is 0 Å². The molecule has 0 aliphatic heterocycles. The van der Waals surface area contributed by atoms with Gasteiger partial charge in [0.2, 0.25) is 5.91 Å². The number of hydrogen-bond acceptors (Lipinski definition) is 2. The Bertz CT molecular complexity index is 171. The largest absolute Gasteiger partial charge is 0.358 e. The molecule has 14 heavy (non-hydrogen) atoms. The molecule has 0 saturated heterocycles. The minimum Gasteiger partial charge on any atom is -0.358 e. The zero-order valence-electron chi connectivity index (χ0n) is 10.1. The molecule has 0 radical (unpaired) electrons. The molecule has 0 aromatic heterocycles. The van der Waals surface area contributed by atoms with Crippen LogP contribution in [-0.2, 0) is 4.79 Å². The Morgan fingerprint density at radius 1 is 1.29 bits per heavy atom. The van der Waals surface area contributed by atoms with E-state index in [1.165, 1.54) is 6.42 Å². The van der Waals surface area contributed by atoms with Crippen LogP contribution in [0.2, 0.25) is 0 Å². The van der Waals surface area contributed by atoms with Crippen LogP contribution in [0, 0.1) is 5.92 Å². The number of carbonyl (C=O) groups is 1. The summed E-state index contributed by atoms with van der Waals surface area (Å²) in [6.07, 6.45) is 2.32. The predicted octanol–water partition coefficient (Wildman–Crippen LogP) is 1.54. The van der Waals surface area contributed by atoms with E-state index in [4.69, 9.17) is 0 Å². The van der Waals surface area contributed by atoms with Crippen molar-refractivity contribution >= 4 is 5.91 Å². The van der Waals surface area contributed by atoms with Crippen molar-refractivity contribution in [3.05, 3.63) is 0 Å². The van der Waals surface area contributed by atoms with Crippen LogP contribution in [0.4, 0.5) is 0 Å². The van der Waals surface area contributed by atoms with Gasteiger partial charge in [-0.2, -0.15) is 0 Å². The average molecular weight is 200 g/mol. The third kappa shape index (κ3) is 5.22. The van der Waals surface area contributed by atoms with Gasteiger partial charge in [-0.3, -0.25) is 4.79 Å². The zero-order chi connectivity index (χ0) is 11.1. The molecule has 3 atom stereocenters. The highest BCUT2D eigenvalue weighted by Gasteiger charge is 2.14. The fraction of sp³-hybridized carbons (Fsp3) is 0.909. The van der Waals surface area contributed by atoms with Crippen LogP contribution < -0.4 is 10.6 Å². The minimum atomic E-state index is -0.0981. The second-order valence-corrected chi connectivity index (χ2v) is 4.15. The SMILES string of the molecule is CCC(C)CC(C)NC(C)C(=O)NC. The lowest BCUT2D eigenvalue weighted by molar-refractivity contribution is -0.122. The topological polar surface area (TPSA) is 41.1 Å². The molecule has 3 heteroatoms. The molecule has 0 aliphatic carbocycles. The number of nitrogens with one attached hydrogen (secondary N) is 2. The third-order valence-electron chi connectivity index (χ3n) is 2.63.